The van der Waals surface area contributed by atoms with Crippen LogP contribution in [-0.4, -0.2) is 27.2 Å². The van der Waals surface area contributed by atoms with Crippen molar-refractivity contribution in [3.05, 3.63) is 65.9 Å². The number of primary amides is 1. The summed E-state index contributed by atoms with van der Waals surface area (Å²) in [7, 11) is 0. The molecule has 2 aromatic carbocycles. The van der Waals surface area contributed by atoms with Gasteiger partial charge in [-0.2, -0.15) is 5.10 Å². The number of H-pyrrole nitrogens is 1. The third kappa shape index (κ3) is 3.44. The number of nitrogens with one attached hydrogen (secondary N) is 1. The summed E-state index contributed by atoms with van der Waals surface area (Å²) in [6.45, 7) is 0. The molecule has 106 valence electrons. The summed E-state index contributed by atoms with van der Waals surface area (Å²) in [5.41, 5.74) is 6.35. The van der Waals surface area contributed by atoms with E-state index in [4.69, 9.17) is 10.8 Å². The minimum atomic E-state index is -1.01. The molecule has 0 saturated carbocycles. The van der Waals surface area contributed by atoms with Crippen molar-refractivity contribution in [3.63, 3.8) is 0 Å². The Hall–Kier alpha value is -3.15. The lowest BCUT2D eigenvalue weighted by Crippen LogP contribution is -2.09. The lowest BCUT2D eigenvalue weighted by molar-refractivity contribution is 0.0692. The molecule has 0 aliphatic carbocycles. The Morgan fingerprint density at radius 2 is 1.62 bits per heavy atom. The van der Waals surface area contributed by atoms with Crippen LogP contribution in [0.3, 0.4) is 0 Å². The fourth-order valence-electron chi connectivity index (χ4n) is 1.73. The summed E-state index contributed by atoms with van der Waals surface area (Å²) in [5, 5.41) is 15.6. The molecule has 1 heterocycles. The van der Waals surface area contributed by atoms with Crippen LogP contribution in [0.25, 0.3) is 10.9 Å². The van der Waals surface area contributed by atoms with Gasteiger partial charge in [-0.1, -0.05) is 36.4 Å². The van der Waals surface area contributed by atoms with Crippen molar-refractivity contribution in [2.75, 3.05) is 0 Å². The molecular weight excluding hydrogens is 270 g/mol. The van der Waals surface area contributed by atoms with Crippen molar-refractivity contribution in [1.29, 1.82) is 0 Å². The minimum absolute atomic E-state index is 0.0746. The van der Waals surface area contributed by atoms with Crippen LogP contribution < -0.4 is 5.73 Å². The Labute approximate surface area is 120 Å². The first-order valence-electron chi connectivity index (χ1n) is 6.11. The number of fused-ring (bicyclic) bond motifs is 1. The van der Waals surface area contributed by atoms with Crippen molar-refractivity contribution in [3.8, 4) is 0 Å². The van der Waals surface area contributed by atoms with Gasteiger partial charge in [0.2, 0.25) is 5.91 Å². The average Bonchev–Trinajstić information content (AvgIpc) is 2.93. The van der Waals surface area contributed by atoms with Gasteiger partial charge < -0.3 is 10.8 Å². The molecule has 6 heteroatoms. The second-order valence-electron chi connectivity index (χ2n) is 4.15. The van der Waals surface area contributed by atoms with E-state index in [0.29, 0.717) is 10.9 Å². The summed E-state index contributed by atoms with van der Waals surface area (Å²) in [5.74, 6) is -1.39. The van der Waals surface area contributed by atoms with E-state index < -0.39 is 5.97 Å². The molecular formula is C15H13N3O3. The summed E-state index contributed by atoms with van der Waals surface area (Å²) < 4.78 is 0. The predicted molar refractivity (Wildman–Crippen MR) is 78.0 cm³/mol. The Kier molecular flexibility index (Phi) is 4.30. The number of carbonyl (C=O) groups excluding carboxylic acids is 1. The number of aromatic amines is 1. The second-order valence-corrected chi connectivity index (χ2v) is 4.15. The first-order chi connectivity index (χ1) is 10.1. The van der Waals surface area contributed by atoms with Crippen LogP contribution >= 0.6 is 0 Å². The molecule has 0 aliphatic heterocycles. The number of carbonyl (C=O) groups is 2. The monoisotopic (exact) mass is 283 g/mol. The molecule has 0 bridgehead atoms. The zero-order valence-electron chi connectivity index (χ0n) is 11.0. The van der Waals surface area contributed by atoms with Crippen LogP contribution in [0.4, 0.5) is 0 Å². The van der Waals surface area contributed by atoms with Gasteiger partial charge in [0, 0.05) is 10.9 Å². The highest BCUT2D eigenvalue weighted by Crippen LogP contribution is 2.14. The van der Waals surface area contributed by atoms with Crippen LogP contribution in [0.1, 0.15) is 20.8 Å². The van der Waals surface area contributed by atoms with E-state index in [0.717, 1.165) is 5.52 Å². The molecule has 6 nitrogen and oxygen atoms in total. The SMILES string of the molecule is NC(=O)c1ccccc1.O=C(O)c1n[nH]c2ccccc12. The number of hydrogen-bond acceptors (Lipinski definition) is 3. The molecule has 1 aromatic heterocycles. The largest absolute Gasteiger partial charge is 0.476 e. The molecule has 0 unspecified atom stereocenters. The topological polar surface area (TPSA) is 109 Å². The van der Waals surface area contributed by atoms with Crippen molar-refractivity contribution in [2.45, 2.75) is 0 Å². The van der Waals surface area contributed by atoms with Gasteiger partial charge in [0.05, 0.1) is 5.52 Å². The van der Waals surface area contributed by atoms with Gasteiger partial charge >= 0.3 is 5.97 Å². The van der Waals surface area contributed by atoms with E-state index in [9.17, 15) is 9.59 Å². The van der Waals surface area contributed by atoms with Gasteiger partial charge in [-0.3, -0.25) is 9.89 Å². The molecule has 0 spiro atoms. The lowest BCUT2D eigenvalue weighted by atomic mass is 10.2. The molecule has 21 heavy (non-hydrogen) atoms. The van der Waals surface area contributed by atoms with E-state index in [1.54, 1.807) is 42.5 Å². The summed E-state index contributed by atoms with van der Waals surface area (Å²) in [6.07, 6.45) is 0. The van der Waals surface area contributed by atoms with Gasteiger partial charge in [0.15, 0.2) is 5.69 Å². The van der Waals surface area contributed by atoms with Gasteiger partial charge in [-0.05, 0) is 18.2 Å². The summed E-state index contributed by atoms with van der Waals surface area (Å²) in [4.78, 5) is 21.0. The first kappa shape index (κ1) is 14.3. The van der Waals surface area contributed by atoms with Crippen molar-refractivity contribution in [1.82, 2.24) is 10.2 Å². The molecule has 0 aliphatic rings. The van der Waals surface area contributed by atoms with Gasteiger partial charge in [-0.25, -0.2) is 4.79 Å². The maximum Gasteiger partial charge on any atom is 0.357 e. The number of amides is 1. The van der Waals surface area contributed by atoms with E-state index in [1.807, 2.05) is 12.1 Å². The van der Waals surface area contributed by atoms with E-state index in [-0.39, 0.29) is 11.6 Å². The second kappa shape index (κ2) is 6.33. The van der Waals surface area contributed by atoms with Gasteiger partial charge in [0.25, 0.3) is 0 Å². The Morgan fingerprint density at radius 1 is 1.00 bits per heavy atom. The van der Waals surface area contributed by atoms with Crippen molar-refractivity contribution >= 4 is 22.8 Å². The highest BCUT2D eigenvalue weighted by atomic mass is 16.4. The smallest absolute Gasteiger partial charge is 0.357 e. The summed E-state index contributed by atoms with van der Waals surface area (Å²) in [6, 6.07) is 15.9. The number of nitrogens with two attached hydrogens (primary N) is 1. The van der Waals surface area contributed by atoms with Gasteiger partial charge in [-0.15, -0.1) is 0 Å². The molecule has 0 atom stereocenters. The van der Waals surface area contributed by atoms with Crippen LogP contribution in [-0.2, 0) is 0 Å². The molecule has 3 rings (SSSR count). The summed E-state index contributed by atoms with van der Waals surface area (Å²) >= 11 is 0. The zero-order valence-corrected chi connectivity index (χ0v) is 11.0. The third-order valence-electron chi connectivity index (χ3n) is 2.73. The third-order valence-corrected chi connectivity index (χ3v) is 2.73. The number of carboxylic acids is 1. The molecule has 0 radical (unpaired) electrons. The van der Waals surface area contributed by atoms with Gasteiger partial charge in [0.1, 0.15) is 0 Å². The predicted octanol–water partition coefficient (Wildman–Crippen LogP) is 2.05. The first-order valence-corrected chi connectivity index (χ1v) is 6.11. The number of aromatic carboxylic acids is 1. The fraction of sp³-hybridized carbons (Fsp3) is 0. The Morgan fingerprint density at radius 3 is 2.19 bits per heavy atom. The average molecular weight is 283 g/mol. The maximum absolute atomic E-state index is 10.6. The van der Waals surface area contributed by atoms with Crippen LogP contribution in [0, 0.1) is 0 Å². The van der Waals surface area contributed by atoms with E-state index in [1.165, 1.54) is 0 Å². The lowest BCUT2D eigenvalue weighted by Gasteiger charge is -1.89. The number of aromatic nitrogens is 2. The number of hydrogen-bond donors (Lipinski definition) is 3. The highest BCUT2D eigenvalue weighted by Gasteiger charge is 2.10. The fourth-order valence-corrected chi connectivity index (χ4v) is 1.73. The van der Waals surface area contributed by atoms with Crippen LogP contribution in [0.5, 0.6) is 0 Å². The molecule has 0 fully saturated rings. The standard InChI is InChI=1S/C8H6N2O2.C7H7NO/c11-8(12)7-5-3-1-2-4-6(5)9-10-7;8-7(9)6-4-2-1-3-5-6/h1-4H,(H,9,10)(H,11,12);1-5H,(H2,8,9). The number of carboxylic acid groups (broad SMARTS) is 1. The molecule has 1 amide bonds. The molecule has 4 N–H and O–H groups in total. The minimum Gasteiger partial charge on any atom is -0.476 e. The van der Waals surface area contributed by atoms with Crippen LogP contribution in [0.2, 0.25) is 0 Å². The quantitative estimate of drug-likeness (QED) is 0.668. The zero-order chi connectivity index (χ0) is 15.2. The van der Waals surface area contributed by atoms with E-state index >= 15 is 0 Å². The molecule has 0 saturated heterocycles. The number of benzene rings is 2. The number of nitrogens with zero attached hydrogens (tertiary/aromatic N) is 1. The normalized spacial score (nSPS) is 9.71. The maximum atomic E-state index is 10.6. The number of rotatable bonds is 2. The Balaban J connectivity index is 0.000000161. The molecule has 3 aromatic rings. The van der Waals surface area contributed by atoms with Crippen LogP contribution in [0.15, 0.2) is 54.6 Å². The Bertz CT molecular complexity index is 766. The van der Waals surface area contributed by atoms with Crippen molar-refractivity contribution in [2.24, 2.45) is 5.73 Å². The van der Waals surface area contributed by atoms with E-state index in [2.05, 4.69) is 10.2 Å². The highest BCUT2D eigenvalue weighted by molar-refractivity contribution is 6.00. The number of para-hydroxylation sites is 1. The van der Waals surface area contributed by atoms with Crippen molar-refractivity contribution < 1.29 is 14.7 Å².